The fraction of sp³-hybridized carbons (Fsp3) is 0.818. The zero-order valence-electron chi connectivity index (χ0n) is 10.4. The molecule has 0 amide bonds. The first-order valence-corrected chi connectivity index (χ1v) is 6.97. The lowest BCUT2D eigenvalue weighted by molar-refractivity contribution is 0.341. The first kappa shape index (κ1) is 13.0. The number of nitrogens with two attached hydrogens (primary N) is 1. The normalized spacial score (nSPS) is 26.4. The molecule has 96 valence electrons. The first-order chi connectivity index (χ1) is 8.17. The zero-order valence-corrected chi connectivity index (χ0v) is 11.9. The fourth-order valence-electron chi connectivity index (χ4n) is 2.89. The van der Waals surface area contributed by atoms with Gasteiger partial charge in [0.2, 0.25) is 0 Å². The van der Waals surface area contributed by atoms with Crippen LogP contribution in [0.5, 0.6) is 0 Å². The second-order valence-corrected chi connectivity index (χ2v) is 5.63. The van der Waals surface area contributed by atoms with Crippen molar-refractivity contribution in [1.29, 1.82) is 0 Å². The molecule has 0 spiro atoms. The highest BCUT2D eigenvalue weighted by Crippen LogP contribution is 2.41. The van der Waals surface area contributed by atoms with Crippen LogP contribution in [0, 0.1) is 11.8 Å². The van der Waals surface area contributed by atoms with Crippen LogP contribution < -0.4 is 11.3 Å². The molecule has 3 unspecified atom stereocenters. The molecule has 5 nitrogen and oxygen atoms in total. The molecule has 1 aromatic rings. The summed E-state index contributed by atoms with van der Waals surface area (Å²) in [6.07, 6.45) is 5.04. The van der Waals surface area contributed by atoms with Crippen molar-refractivity contribution in [2.45, 2.75) is 38.6 Å². The van der Waals surface area contributed by atoms with Gasteiger partial charge in [0.25, 0.3) is 0 Å². The summed E-state index contributed by atoms with van der Waals surface area (Å²) in [6, 6.07) is 0.140. The molecule has 0 saturated heterocycles. The Morgan fingerprint density at radius 3 is 2.82 bits per heavy atom. The molecule has 17 heavy (non-hydrogen) atoms. The van der Waals surface area contributed by atoms with Crippen molar-refractivity contribution >= 4 is 15.9 Å². The molecular weight excluding hydrogens is 282 g/mol. The molecule has 3 N–H and O–H groups in total. The van der Waals surface area contributed by atoms with Gasteiger partial charge in [-0.15, -0.1) is 5.10 Å². The fourth-order valence-corrected chi connectivity index (χ4v) is 3.47. The van der Waals surface area contributed by atoms with E-state index in [4.69, 9.17) is 5.84 Å². The molecule has 2 rings (SSSR count). The molecule has 0 aromatic carbocycles. The van der Waals surface area contributed by atoms with E-state index in [-0.39, 0.29) is 6.04 Å². The summed E-state index contributed by atoms with van der Waals surface area (Å²) < 4.78 is 2.59. The third-order valence-corrected chi connectivity index (χ3v) is 4.50. The Balaban J connectivity index is 2.17. The lowest BCUT2D eigenvalue weighted by atomic mass is 9.94. The number of nitrogens with zero attached hydrogens (tertiary/aromatic N) is 3. The van der Waals surface area contributed by atoms with E-state index in [0.717, 1.165) is 16.2 Å². The summed E-state index contributed by atoms with van der Waals surface area (Å²) in [7, 11) is 1.91. The van der Waals surface area contributed by atoms with Crippen molar-refractivity contribution in [2.24, 2.45) is 24.7 Å². The summed E-state index contributed by atoms with van der Waals surface area (Å²) in [4.78, 5) is 0. The van der Waals surface area contributed by atoms with E-state index in [0.29, 0.717) is 5.92 Å². The second-order valence-electron chi connectivity index (χ2n) is 4.88. The number of aryl methyl sites for hydroxylation is 1. The van der Waals surface area contributed by atoms with Crippen LogP contribution in [0.15, 0.2) is 4.60 Å². The predicted molar refractivity (Wildman–Crippen MR) is 69.9 cm³/mol. The minimum absolute atomic E-state index is 0.140. The molecule has 0 bridgehead atoms. The predicted octanol–water partition coefficient (Wildman–Crippen LogP) is 1.91. The Morgan fingerprint density at radius 2 is 2.35 bits per heavy atom. The van der Waals surface area contributed by atoms with Crippen LogP contribution in [0.2, 0.25) is 0 Å². The molecule has 1 fully saturated rings. The standard InChI is InChI=1S/C11H20BrN5/c1-3-7-4-5-8(6-7)9(14-13)10-11(12)15-16-17(10)2/h7-9,14H,3-6,13H2,1-2H3. The van der Waals surface area contributed by atoms with Crippen LogP contribution in [-0.4, -0.2) is 15.0 Å². The lowest BCUT2D eigenvalue weighted by Gasteiger charge is -2.23. The van der Waals surface area contributed by atoms with E-state index in [9.17, 15) is 0 Å². The number of aromatic nitrogens is 3. The maximum atomic E-state index is 5.73. The van der Waals surface area contributed by atoms with Crippen molar-refractivity contribution in [3.63, 3.8) is 0 Å². The number of rotatable bonds is 4. The summed E-state index contributed by atoms with van der Waals surface area (Å²) in [5.41, 5.74) is 3.99. The van der Waals surface area contributed by atoms with Gasteiger partial charge in [0.1, 0.15) is 0 Å². The van der Waals surface area contributed by atoms with Crippen molar-refractivity contribution in [3.8, 4) is 0 Å². The molecule has 0 radical (unpaired) electrons. The monoisotopic (exact) mass is 301 g/mol. The molecule has 1 heterocycles. The van der Waals surface area contributed by atoms with Crippen molar-refractivity contribution < 1.29 is 0 Å². The average Bonchev–Trinajstić information content (AvgIpc) is 2.91. The summed E-state index contributed by atoms with van der Waals surface area (Å²) in [5.74, 6) is 7.15. The van der Waals surface area contributed by atoms with E-state index < -0.39 is 0 Å². The van der Waals surface area contributed by atoms with Gasteiger partial charge in [0, 0.05) is 7.05 Å². The topological polar surface area (TPSA) is 68.8 Å². The maximum absolute atomic E-state index is 5.73. The van der Waals surface area contributed by atoms with Crippen molar-refractivity contribution in [3.05, 3.63) is 10.3 Å². The molecule has 1 aliphatic rings. The van der Waals surface area contributed by atoms with Crippen LogP contribution >= 0.6 is 15.9 Å². The van der Waals surface area contributed by atoms with E-state index in [2.05, 4.69) is 38.6 Å². The van der Waals surface area contributed by atoms with E-state index >= 15 is 0 Å². The Bertz CT molecular complexity index is 358. The third-order valence-electron chi connectivity index (χ3n) is 3.93. The Morgan fingerprint density at radius 1 is 1.59 bits per heavy atom. The van der Waals surface area contributed by atoms with Crippen LogP contribution in [0.4, 0.5) is 0 Å². The van der Waals surface area contributed by atoms with Crippen LogP contribution in [0.25, 0.3) is 0 Å². The highest BCUT2D eigenvalue weighted by molar-refractivity contribution is 9.10. The first-order valence-electron chi connectivity index (χ1n) is 6.18. The Kier molecular flexibility index (Phi) is 4.17. The summed E-state index contributed by atoms with van der Waals surface area (Å²) in [6.45, 7) is 2.26. The number of nitrogens with one attached hydrogen (secondary N) is 1. The number of hydrogen-bond donors (Lipinski definition) is 2. The lowest BCUT2D eigenvalue weighted by Crippen LogP contribution is -2.34. The van der Waals surface area contributed by atoms with Crippen LogP contribution in [0.3, 0.4) is 0 Å². The number of halogens is 1. The number of hydrazine groups is 1. The van der Waals surface area contributed by atoms with Gasteiger partial charge in [-0.05, 0) is 40.6 Å². The van der Waals surface area contributed by atoms with E-state index in [1.165, 1.54) is 25.7 Å². The SMILES string of the molecule is CCC1CCC(C(NN)c2c(Br)nnn2C)C1. The summed E-state index contributed by atoms with van der Waals surface area (Å²) in [5, 5.41) is 8.05. The van der Waals surface area contributed by atoms with Gasteiger partial charge in [-0.3, -0.25) is 11.3 Å². The average molecular weight is 302 g/mol. The van der Waals surface area contributed by atoms with Gasteiger partial charge in [0.15, 0.2) is 4.60 Å². The molecule has 1 aromatic heterocycles. The van der Waals surface area contributed by atoms with Crippen LogP contribution in [-0.2, 0) is 7.05 Å². The van der Waals surface area contributed by atoms with Gasteiger partial charge >= 0.3 is 0 Å². The maximum Gasteiger partial charge on any atom is 0.153 e. The summed E-state index contributed by atoms with van der Waals surface area (Å²) >= 11 is 3.45. The Labute approximate surface area is 110 Å². The minimum Gasteiger partial charge on any atom is -0.271 e. The highest BCUT2D eigenvalue weighted by Gasteiger charge is 2.33. The molecular formula is C11H20BrN5. The van der Waals surface area contributed by atoms with E-state index in [1.54, 1.807) is 4.68 Å². The minimum atomic E-state index is 0.140. The van der Waals surface area contributed by atoms with Gasteiger partial charge in [-0.1, -0.05) is 25.0 Å². The largest absolute Gasteiger partial charge is 0.271 e. The van der Waals surface area contributed by atoms with Gasteiger partial charge in [0.05, 0.1) is 11.7 Å². The number of hydrogen-bond acceptors (Lipinski definition) is 4. The molecule has 0 aliphatic heterocycles. The van der Waals surface area contributed by atoms with Gasteiger partial charge in [-0.2, -0.15) is 0 Å². The van der Waals surface area contributed by atoms with Crippen molar-refractivity contribution in [1.82, 2.24) is 20.4 Å². The molecule has 6 heteroatoms. The smallest absolute Gasteiger partial charge is 0.153 e. The van der Waals surface area contributed by atoms with Gasteiger partial charge in [-0.25, -0.2) is 4.68 Å². The molecule has 3 atom stereocenters. The highest BCUT2D eigenvalue weighted by atomic mass is 79.9. The zero-order chi connectivity index (χ0) is 12.4. The van der Waals surface area contributed by atoms with E-state index in [1.807, 2.05) is 7.05 Å². The van der Waals surface area contributed by atoms with Crippen molar-refractivity contribution in [2.75, 3.05) is 0 Å². The third kappa shape index (κ3) is 2.53. The van der Waals surface area contributed by atoms with Crippen LogP contribution in [0.1, 0.15) is 44.3 Å². The molecule has 1 aliphatic carbocycles. The van der Waals surface area contributed by atoms with Gasteiger partial charge < -0.3 is 0 Å². The Hall–Kier alpha value is -0.460. The second kappa shape index (κ2) is 5.46. The molecule has 1 saturated carbocycles. The quantitative estimate of drug-likeness (QED) is 0.658.